The van der Waals surface area contributed by atoms with Crippen molar-refractivity contribution in [1.29, 1.82) is 0 Å². The van der Waals surface area contributed by atoms with Gasteiger partial charge in [0.2, 0.25) is 0 Å². The molecule has 22 heavy (non-hydrogen) atoms. The second-order valence-corrected chi connectivity index (χ2v) is 4.96. The number of benzene rings is 1. The third kappa shape index (κ3) is 2.80. The normalized spacial score (nSPS) is 12.0. The van der Waals surface area contributed by atoms with Gasteiger partial charge in [-0.05, 0) is 35.4 Å². The second kappa shape index (κ2) is 5.42. The number of hydrogen-bond acceptors (Lipinski definition) is 3. The fourth-order valence-corrected chi connectivity index (χ4v) is 2.22. The average Bonchev–Trinajstić information content (AvgIpc) is 2.89. The average molecular weight is 306 g/mol. The minimum atomic E-state index is -4.32. The molecule has 0 saturated carbocycles. The van der Waals surface area contributed by atoms with Gasteiger partial charge in [0.15, 0.2) is 5.65 Å². The van der Waals surface area contributed by atoms with Gasteiger partial charge in [0.05, 0.1) is 5.56 Å². The van der Waals surface area contributed by atoms with E-state index in [4.69, 9.17) is 5.73 Å². The van der Waals surface area contributed by atoms with Crippen LogP contribution in [0.5, 0.6) is 0 Å². The van der Waals surface area contributed by atoms with Crippen LogP contribution in [-0.4, -0.2) is 14.6 Å². The van der Waals surface area contributed by atoms with Crippen molar-refractivity contribution >= 4 is 5.65 Å². The predicted octanol–water partition coefficient (Wildman–Crippen LogP) is 2.80. The first-order valence-corrected chi connectivity index (χ1v) is 6.66. The summed E-state index contributed by atoms with van der Waals surface area (Å²) in [5, 5.41) is 8.14. The SMILES string of the molecule is NCc1ccn2c(Cc3ccc(C(F)(F)F)cc3)nnc2c1. The minimum absolute atomic E-state index is 0.404. The van der Waals surface area contributed by atoms with E-state index in [0.717, 1.165) is 23.3 Å². The molecule has 0 bridgehead atoms. The number of alkyl halides is 3. The highest BCUT2D eigenvalue weighted by Gasteiger charge is 2.29. The molecule has 0 atom stereocenters. The van der Waals surface area contributed by atoms with Gasteiger partial charge in [-0.25, -0.2) is 0 Å². The van der Waals surface area contributed by atoms with Gasteiger partial charge in [0.25, 0.3) is 0 Å². The lowest BCUT2D eigenvalue weighted by atomic mass is 10.1. The van der Waals surface area contributed by atoms with Crippen molar-refractivity contribution in [2.24, 2.45) is 5.73 Å². The van der Waals surface area contributed by atoms with Crippen molar-refractivity contribution in [3.63, 3.8) is 0 Å². The summed E-state index contributed by atoms with van der Waals surface area (Å²) in [6, 6.07) is 8.77. The van der Waals surface area contributed by atoms with Gasteiger partial charge in [-0.3, -0.25) is 4.40 Å². The van der Waals surface area contributed by atoms with Crippen molar-refractivity contribution in [2.75, 3.05) is 0 Å². The molecule has 114 valence electrons. The lowest BCUT2D eigenvalue weighted by molar-refractivity contribution is -0.137. The summed E-state index contributed by atoms with van der Waals surface area (Å²) >= 11 is 0. The van der Waals surface area contributed by atoms with Crippen LogP contribution in [0.2, 0.25) is 0 Å². The maximum atomic E-state index is 12.5. The first-order chi connectivity index (χ1) is 10.5. The summed E-state index contributed by atoms with van der Waals surface area (Å²) in [5.74, 6) is 0.665. The van der Waals surface area contributed by atoms with E-state index >= 15 is 0 Å². The van der Waals surface area contributed by atoms with Gasteiger partial charge in [-0.2, -0.15) is 13.2 Å². The van der Waals surface area contributed by atoms with E-state index in [1.807, 2.05) is 18.3 Å². The Morgan fingerprint density at radius 3 is 2.36 bits per heavy atom. The van der Waals surface area contributed by atoms with Crippen LogP contribution >= 0.6 is 0 Å². The number of rotatable bonds is 3. The number of nitrogens with two attached hydrogens (primary N) is 1. The standard InChI is InChI=1S/C15H13F3N4/c16-15(17,18)12-3-1-10(2-4-12)7-13-20-21-14-8-11(9-19)5-6-22(13)14/h1-6,8H,7,9,19H2. The van der Waals surface area contributed by atoms with E-state index in [0.29, 0.717) is 24.4 Å². The third-order valence-corrected chi connectivity index (χ3v) is 3.42. The monoisotopic (exact) mass is 306 g/mol. The van der Waals surface area contributed by atoms with Crippen LogP contribution in [0.4, 0.5) is 13.2 Å². The Hall–Kier alpha value is -2.41. The Labute approximate surface area is 124 Å². The summed E-state index contributed by atoms with van der Waals surface area (Å²) in [6.07, 6.45) is -2.10. The summed E-state index contributed by atoms with van der Waals surface area (Å²) in [7, 11) is 0. The Morgan fingerprint density at radius 1 is 1.00 bits per heavy atom. The zero-order valence-corrected chi connectivity index (χ0v) is 11.5. The maximum absolute atomic E-state index is 12.5. The molecule has 0 amide bonds. The highest BCUT2D eigenvalue weighted by molar-refractivity contribution is 5.42. The molecule has 3 rings (SSSR count). The lowest BCUT2D eigenvalue weighted by Gasteiger charge is -2.07. The van der Waals surface area contributed by atoms with Gasteiger partial charge in [-0.1, -0.05) is 12.1 Å². The summed E-state index contributed by atoms with van der Waals surface area (Å²) < 4.78 is 39.4. The Morgan fingerprint density at radius 2 is 1.73 bits per heavy atom. The Balaban J connectivity index is 1.87. The van der Waals surface area contributed by atoms with Crippen LogP contribution < -0.4 is 5.73 Å². The number of aromatic nitrogens is 3. The zero-order chi connectivity index (χ0) is 15.7. The van der Waals surface area contributed by atoms with E-state index in [-0.39, 0.29) is 0 Å². The molecule has 0 unspecified atom stereocenters. The number of hydrogen-bond donors (Lipinski definition) is 1. The van der Waals surface area contributed by atoms with Gasteiger partial charge in [0, 0.05) is 19.2 Å². The molecular formula is C15H13F3N4. The molecule has 2 N–H and O–H groups in total. The molecule has 1 aromatic carbocycles. The molecule has 0 aliphatic carbocycles. The fourth-order valence-electron chi connectivity index (χ4n) is 2.22. The maximum Gasteiger partial charge on any atom is 0.416 e. The van der Waals surface area contributed by atoms with Crippen molar-refractivity contribution in [2.45, 2.75) is 19.1 Å². The lowest BCUT2D eigenvalue weighted by Crippen LogP contribution is -2.05. The van der Waals surface area contributed by atoms with Crippen LogP contribution in [-0.2, 0) is 19.1 Å². The van der Waals surface area contributed by atoms with E-state index in [1.54, 1.807) is 4.40 Å². The summed E-state index contributed by atoms with van der Waals surface area (Å²) in [6.45, 7) is 0.414. The molecule has 2 heterocycles. The quantitative estimate of drug-likeness (QED) is 0.809. The van der Waals surface area contributed by atoms with Crippen molar-refractivity contribution in [1.82, 2.24) is 14.6 Å². The molecule has 2 aromatic heterocycles. The number of halogens is 3. The molecule has 0 aliphatic heterocycles. The number of nitrogens with zero attached hydrogens (tertiary/aromatic N) is 3. The molecule has 0 radical (unpaired) electrons. The smallest absolute Gasteiger partial charge is 0.326 e. The summed E-state index contributed by atoms with van der Waals surface area (Å²) in [4.78, 5) is 0. The van der Waals surface area contributed by atoms with Gasteiger partial charge in [0.1, 0.15) is 5.82 Å². The molecular weight excluding hydrogens is 293 g/mol. The molecule has 7 heteroatoms. The molecule has 0 aliphatic rings. The number of fused-ring (bicyclic) bond motifs is 1. The highest BCUT2D eigenvalue weighted by atomic mass is 19.4. The molecule has 3 aromatic rings. The highest BCUT2D eigenvalue weighted by Crippen LogP contribution is 2.29. The molecule has 0 saturated heterocycles. The van der Waals surface area contributed by atoms with Crippen LogP contribution in [0.3, 0.4) is 0 Å². The first kappa shape index (κ1) is 14.5. The minimum Gasteiger partial charge on any atom is -0.326 e. The zero-order valence-electron chi connectivity index (χ0n) is 11.5. The van der Waals surface area contributed by atoms with Crippen molar-refractivity contribution < 1.29 is 13.2 Å². The van der Waals surface area contributed by atoms with Crippen molar-refractivity contribution in [3.8, 4) is 0 Å². The molecule has 0 spiro atoms. The van der Waals surface area contributed by atoms with Gasteiger partial charge in [-0.15, -0.1) is 10.2 Å². The van der Waals surface area contributed by atoms with E-state index in [2.05, 4.69) is 10.2 Å². The van der Waals surface area contributed by atoms with Crippen LogP contribution in [0.15, 0.2) is 42.6 Å². The van der Waals surface area contributed by atoms with E-state index < -0.39 is 11.7 Å². The summed E-state index contributed by atoms with van der Waals surface area (Å²) in [5.41, 5.74) is 7.27. The molecule has 4 nitrogen and oxygen atoms in total. The fraction of sp³-hybridized carbons (Fsp3) is 0.200. The number of pyridine rings is 1. The largest absolute Gasteiger partial charge is 0.416 e. The van der Waals surface area contributed by atoms with Crippen LogP contribution in [0.25, 0.3) is 5.65 Å². The van der Waals surface area contributed by atoms with E-state index in [9.17, 15) is 13.2 Å². The predicted molar refractivity (Wildman–Crippen MR) is 75.1 cm³/mol. The van der Waals surface area contributed by atoms with Crippen molar-refractivity contribution in [3.05, 3.63) is 65.1 Å². The third-order valence-electron chi connectivity index (χ3n) is 3.42. The van der Waals surface area contributed by atoms with Gasteiger partial charge >= 0.3 is 6.18 Å². The first-order valence-electron chi connectivity index (χ1n) is 6.66. The Kier molecular flexibility index (Phi) is 3.58. The Bertz CT molecular complexity index is 791. The van der Waals surface area contributed by atoms with Gasteiger partial charge < -0.3 is 5.73 Å². The van der Waals surface area contributed by atoms with E-state index in [1.165, 1.54) is 12.1 Å². The topological polar surface area (TPSA) is 56.2 Å². The second-order valence-electron chi connectivity index (χ2n) is 4.96. The van der Waals surface area contributed by atoms with Crippen LogP contribution in [0.1, 0.15) is 22.5 Å². The van der Waals surface area contributed by atoms with Crippen LogP contribution in [0, 0.1) is 0 Å². The molecule has 0 fully saturated rings.